The Kier molecular flexibility index (Phi) is 11.3. The van der Waals surface area contributed by atoms with Crippen LogP contribution in [-0.4, -0.2) is 24.6 Å². The minimum absolute atomic E-state index is 0.423. The van der Waals surface area contributed by atoms with Crippen molar-refractivity contribution in [2.24, 2.45) is 0 Å². The first-order valence-electron chi connectivity index (χ1n) is 23.7. The molecule has 12 rings (SSSR count). The molecule has 0 saturated carbocycles. The van der Waals surface area contributed by atoms with Crippen LogP contribution in [0.3, 0.4) is 0 Å². The highest BCUT2D eigenvalue weighted by Gasteiger charge is 2.42. The maximum absolute atomic E-state index is 2.56. The SMILES string of the molecule is c1ccc(-c2cc3ccccc3c(-c3c(P4C[C@@H](c5ccccc5)[C@H](c5ccccc5)C4)c(-c4ccccc4)cc4ccccc34)c2P2C[C@@H](c3ccccc3)[C@H](c3ccccc3)C2)cc1. The Balaban J connectivity index is 1.18. The molecule has 0 N–H and O–H groups in total. The van der Waals surface area contributed by atoms with Gasteiger partial charge < -0.3 is 0 Å². The van der Waals surface area contributed by atoms with Crippen molar-refractivity contribution in [1.29, 1.82) is 0 Å². The Morgan fingerprint density at radius 2 is 0.530 bits per heavy atom. The molecule has 2 saturated heterocycles. The van der Waals surface area contributed by atoms with Crippen LogP contribution < -0.4 is 10.6 Å². The topological polar surface area (TPSA) is 0 Å². The molecule has 0 spiro atoms. The highest BCUT2D eigenvalue weighted by atomic mass is 31.1. The van der Waals surface area contributed by atoms with Crippen molar-refractivity contribution < 1.29 is 0 Å². The Labute approximate surface area is 392 Å². The largest absolute Gasteiger partial charge is 0.0727 e. The van der Waals surface area contributed by atoms with E-state index in [1.54, 1.807) is 10.6 Å². The Morgan fingerprint density at radius 1 is 0.273 bits per heavy atom. The zero-order chi connectivity index (χ0) is 43.8. The molecule has 0 bridgehead atoms. The van der Waals surface area contributed by atoms with Crippen LogP contribution in [0.1, 0.15) is 45.9 Å². The van der Waals surface area contributed by atoms with Crippen molar-refractivity contribution in [2.45, 2.75) is 23.7 Å². The molecule has 2 heteroatoms. The van der Waals surface area contributed by atoms with E-state index in [9.17, 15) is 0 Å². The second-order valence-electron chi connectivity index (χ2n) is 18.3. The summed E-state index contributed by atoms with van der Waals surface area (Å²) in [6.45, 7) is 0. The summed E-state index contributed by atoms with van der Waals surface area (Å²) in [6, 6.07) is 92.4. The molecule has 2 aliphatic heterocycles. The predicted octanol–water partition coefficient (Wildman–Crippen LogP) is 16.4. The molecule has 2 heterocycles. The van der Waals surface area contributed by atoms with E-state index in [0.29, 0.717) is 23.7 Å². The Bertz CT molecular complexity index is 2940. The van der Waals surface area contributed by atoms with Crippen LogP contribution in [0.25, 0.3) is 54.9 Å². The van der Waals surface area contributed by atoms with Gasteiger partial charge in [0.25, 0.3) is 0 Å². The summed E-state index contributed by atoms with van der Waals surface area (Å²) in [5.74, 6) is 1.69. The fourth-order valence-corrected chi connectivity index (χ4v) is 18.6. The predicted molar refractivity (Wildman–Crippen MR) is 287 cm³/mol. The third kappa shape index (κ3) is 7.62. The monoisotopic (exact) mass is 882 g/mol. The lowest BCUT2D eigenvalue weighted by Gasteiger charge is -2.29. The third-order valence-corrected chi connectivity index (χ3v) is 20.2. The molecule has 10 aromatic rings. The molecule has 0 aromatic heterocycles. The Hall–Kier alpha value is -6.42. The minimum atomic E-state index is -0.655. The molecule has 4 atom stereocenters. The number of fused-ring (bicyclic) bond motifs is 2. The molecule has 0 unspecified atom stereocenters. The second kappa shape index (κ2) is 18.1. The van der Waals surface area contributed by atoms with Gasteiger partial charge in [-0.3, -0.25) is 0 Å². The standard InChI is InChI=1S/C64H52P2/c1-7-23-45(24-8-1)55-39-51-35-19-21-37-53(51)61(63(55)65-41-57(47-27-11-3-12-28-47)58(42-65)48-29-13-4-14-30-48)62-54-38-22-20-36-52(54)40-56(46-25-9-2-10-26-46)64(62)66-43-59(49-31-15-5-16-32-49)60(44-66)50-33-17-6-18-34-50/h1-40,57-60H,41-44H2/t57-,58-,59-,60-/m0/s1. The van der Waals surface area contributed by atoms with Crippen LogP contribution >= 0.6 is 15.8 Å². The van der Waals surface area contributed by atoms with E-state index in [1.165, 1.54) is 77.2 Å². The summed E-state index contributed by atoms with van der Waals surface area (Å²) >= 11 is 0. The summed E-state index contributed by atoms with van der Waals surface area (Å²) in [5.41, 5.74) is 14.2. The lowest BCUT2D eigenvalue weighted by molar-refractivity contribution is 0.666. The first-order chi connectivity index (χ1) is 32.8. The van der Waals surface area contributed by atoms with Crippen molar-refractivity contribution in [2.75, 3.05) is 24.6 Å². The van der Waals surface area contributed by atoms with Gasteiger partial charge in [-0.15, -0.1) is 0 Å². The van der Waals surface area contributed by atoms with E-state index in [2.05, 4.69) is 243 Å². The lowest BCUT2D eigenvalue weighted by atomic mass is 9.84. The van der Waals surface area contributed by atoms with Gasteiger partial charge in [-0.1, -0.05) is 246 Å². The quantitative estimate of drug-likeness (QED) is 0.127. The van der Waals surface area contributed by atoms with Crippen molar-refractivity contribution in [3.05, 3.63) is 265 Å². The smallest absolute Gasteiger partial charge is 0.000926 e. The van der Waals surface area contributed by atoms with Gasteiger partial charge in [0.2, 0.25) is 0 Å². The van der Waals surface area contributed by atoms with Crippen molar-refractivity contribution in [1.82, 2.24) is 0 Å². The van der Waals surface area contributed by atoms with Gasteiger partial charge in [0.05, 0.1) is 0 Å². The van der Waals surface area contributed by atoms with Crippen LogP contribution in [0.15, 0.2) is 243 Å². The van der Waals surface area contributed by atoms with Gasteiger partial charge >= 0.3 is 0 Å². The van der Waals surface area contributed by atoms with E-state index in [4.69, 9.17) is 0 Å². The average Bonchev–Trinajstić information content (AvgIpc) is 4.05. The van der Waals surface area contributed by atoms with Gasteiger partial charge in [0.15, 0.2) is 0 Å². The normalized spacial score (nSPS) is 18.8. The van der Waals surface area contributed by atoms with Crippen LogP contribution in [-0.2, 0) is 0 Å². The van der Waals surface area contributed by atoms with E-state index in [0.717, 1.165) is 24.6 Å². The molecule has 318 valence electrons. The number of hydrogen-bond donors (Lipinski definition) is 0. The molecular weight excluding hydrogens is 831 g/mol. The minimum Gasteiger partial charge on any atom is -0.0727 e. The van der Waals surface area contributed by atoms with E-state index in [1.807, 2.05) is 0 Å². The maximum atomic E-state index is 2.56. The molecule has 0 aliphatic carbocycles. The van der Waals surface area contributed by atoms with E-state index >= 15 is 0 Å². The van der Waals surface area contributed by atoms with Gasteiger partial charge in [0, 0.05) is 0 Å². The van der Waals surface area contributed by atoms with Crippen LogP contribution in [0.5, 0.6) is 0 Å². The molecule has 0 radical (unpaired) electrons. The molecule has 2 fully saturated rings. The molecule has 0 amide bonds. The van der Waals surface area contributed by atoms with Gasteiger partial charge in [-0.05, 0) is 148 Å². The number of rotatable bonds is 9. The second-order valence-corrected chi connectivity index (χ2v) is 22.9. The highest BCUT2D eigenvalue weighted by Crippen LogP contribution is 2.62. The molecule has 66 heavy (non-hydrogen) atoms. The zero-order valence-corrected chi connectivity index (χ0v) is 38.9. The molecular formula is C64H52P2. The fraction of sp³-hybridized carbons (Fsp3) is 0.125. The molecule has 0 nitrogen and oxygen atoms in total. The number of benzene rings is 10. The summed E-state index contributed by atoms with van der Waals surface area (Å²) in [4.78, 5) is 0. The zero-order valence-electron chi connectivity index (χ0n) is 37.1. The maximum Gasteiger partial charge on any atom is -0.000926 e. The average molecular weight is 883 g/mol. The molecule has 10 aromatic carbocycles. The fourth-order valence-electron chi connectivity index (χ4n) is 11.6. The van der Waals surface area contributed by atoms with Crippen molar-refractivity contribution >= 4 is 48.0 Å². The summed E-state index contributed by atoms with van der Waals surface area (Å²) in [6.07, 6.45) is 4.60. The highest BCUT2D eigenvalue weighted by molar-refractivity contribution is 7.67. The summed E-state index contributed by atoms with van der Waals surface area (Å²) < 4.78 is 0. The van der Waals surface area contributed by atoms with Crippen LogP contribution in [0.2, 0.25) is 0 Å². The van der Waals surface area contributed by atoms with Crippen molar-refractivity contribution in [3.63, 3.8) is 0 Å². The van der Waals surface area contributed by atoms with Crippen molar-refractivity contribution in [3.8, 4) is 33.4 Å². The Morgan fingerprint density at radius 3 is 0.833 bits per heavy atom. The first-order valence-corrected chi connectivity index (χ1v) is 27.1. The van der Waals surface area contributed by atoms with Gasteiger partial charge in [-0.2, -0.15) is 0 Å². The van der Waals surface area contributed by atoms with Crippen LogP contribution in [0, 0.1) is 0 Å². The molecule has 2 aliphatic rings. The van der Waals surface area contributed by atoms with Gasteiger partial charge in [0.1, 0.15) is 0 Å². The van der Waals surface area contributed by atoms with Gasteiger partial charge in [-0.25, -0.2) is 0 Å². The summed E-state index contributed by atoms with van der Waals surface area (Å²) in [5, 5.41) is 8.54. The van der Waals surface area contributed by atoms with Crippen LogP contribution in [0.4, 0.5) is 0 Å². The van der Waals surface area contributed by atoms with E-state index < -0.39 is 15.8 Å². The summed E-state index contributed by atoms with van der Waals surface area (Å²) in [7, 11) is -1.31. The third-order valence-electron chi connectivity index (χ3n) is 14.6. The van der Waals surface area contributed by atoms with E-state index in [-0.39, 0.29) is 0 Å². The lowest BCUT2D eigenvalue weighted by Crippen LogP contribution is -2.19. The number of hydrogen-bond acceptors (Lipinski definition) is 0. The first kappa shape index (κ1) is 41.0.